The number of anilines is 1. The minimum atomic E-state index is -0.409. The highest BCUT2D eigenvalue weighted by Gasteiger charge is 2.34. The van der Waals surface area contributed by atoms with Gasteiger partial charge in [0.2, 0.25) is 0 Å². The highest BCUT2D eigenvalue weighted by molar-refractivity contribution is 7.13. The number of amides is 2. The SMILES string of the molecule is O=C(NCCc1csc(N2CCCC2)n1)NC1(CO)CCCC1. The van der Waals surface area contributed by atoms with Gasteiger partial charge in [0.1, 0.15) is 0 Å². The molecule has 6 nitrogen and oxygen atoms in total. The third-order valence-electron chi connectivity index (χ3n) is 4.82. The number of hydrogen-bond acceptors (Lipinski definition) is 5. The number of nitrogens with one attached hydrogen (secondary N) is 2. The second kappa shape index (κ2) is 7.49. The molecule has 1 saturated carbocycles. The maximum absolute atomic E-state index is 12.0. The summed E-state index contributed by atoms with van der Waals surface area (Å²) in [5.41, 5.74) is 0.628. The average Bonchev–Trinajstić information content (AvgIpc) is 3.29. The molecule has 0 spiro atoms. The third kappa shape index (κ3) is 4.14. The minimum absolute atomic E-state index is 0.0195. The summed E-state index contributed by atoms with van der Waals surface area (Å²) in [6.45, 7) is 2.80. The first kappa shape index (κ1) is 16.5. The molecule has 0 unspecified atom stereocenters. The van der Waals surface area contributed by atoms with Crippen molar-refractivity contribution in [2.45, 2.75) is 50.5 Å². The van der Waals surface area contributed by atoms with Crippen molar-refractivity contribution < 1.29 is 9.90 Å². The Labute approximate surface area is 141 Å². The van der Waals surface area contributed by atoms with Crippen LogP contribution in [0.4, 0.5) is 9.93 Å². The molecule has 1 aromatic rings. The molecule has 1 saturated heterocycles. The second-order valence-corrected chi connectivity index (χ2v) is 7.43. The Kier molecular flexibility index (Phi) is 5.38. The van der Waals surface area contributed by atoms with Crippen LogP contribution >= 0.6 is 11.3 Å². The summed E-state index contributed by atoms with van der Waals surface area (Å²) in [4.78, 5) is 19.0. The molecule has 2 fully saturated rings. The van der Waals surface area contributed by atoms with Crippen molar-refractivity contribution >= 4 is 22.5 Å². The van der Waals surface area contributed by atoms with E-state index in [1.807, 2.05) is 0 Å². The van der Waals surface area contributed by atoms with Gasteiger partial charge in [-0.2, -0.15) is 0 Å². The van der Waals surface area contributed by atoms with Crippen molar-refractivity contribution in [2.75, 3.05) is 31.1 Å². The van der Waals surface area contributed by atoms with Gasteiger partial charge in [0, 0.05) is 31.4 Å². The van der Waals surface area contributed by atoms with Gasteiger partial charge in [0.05, 0.1) is 17.8 Å². The molecule has 1 aromatic heterocycles. The normalized spacial score (nSPS) is 20.0. The quantitative estimate of drug-likeness (QED) is 0.740. The van der Waals surface area contributed by atoms with Crippen molar-refractivity contribution in [1.82, 2.24) is 15.6 Å². The van der Waals surface area contributed by atoms with Crippen molar-refractivity contribution in [3.8, 4) is 0 Å². The van der Waals surface area contributed by atoms with Crippen LogP contribution < -0.4 is 15.5 Å². The zero-order valence-corrected chi connectivity index (χ0v) is 14.3. The summed E-state index contributed by atoms with van der Waals surface area (Å²) >= 11 is 1.69. The first-order valence-electron chi connectivity index (χ1n) is 8.57. The first-order chi connectivity index (χ1) is 11.2. The highest BCUT2D eigenvalue weighted by atomic mass is 32.1. The number of hydrogen-bond donors (Lipinski definition) is 3. The van der Waals surface area contributed by atoms with Crippen LogP contribution in [0.2, 0.25) is 0 Å². The van der Waals surface area contributed by atoms with Crippen LogP contribution in [0, 0.1) is 0 Å². The average molecular weight is 338 g/mol. The number of carbonyl (C=O) groups excluding carboxylic acids is 1. The molecule has 7 heteroatoms. The lowest BCUT2D eigenvalue weighted by molar-refractivity contribution is 0.163. The smallest absolute Gasteiger partial charge is 0.315 e. The van der Waals surface area contributed by atoms with Crippen LogP contribution in [0.15, 0.2) is 5.38 Å². The molecule has 23 heavy (non-hydrogen) atoms. The number of aliphatic hydroxyl groups is 1. The van der Waals surface area contributed by atoms with Crippen LogP contribution in [-0.2, 0) is 6.42 Å². The maximum atomic E-state index is 12.0. The summed E-state index contributed by atoms with van der Waals surface area (Å²) in [5.74, 6) is 0. The lowest BCUT2D eigenvalue weighted by Gasteiger charge is -2.27. The fraction of sp³-hybridized carbons (Fsp3) is 0.750. The monoisotopic (exact) mass is 338 g/mol. The standard InChI is InChI=1S/C16H26N4O2S/c21-12-16(6-1-2-7-16)19-14(22)17-8-5-13-11-23-15(18-13)20-9-3-4-10-20/h11,21H,1-10,12H2,(H2,17,19,22). The van der Waals surface area contributed by atoms with Crippen LogP contribution in [0.25, 0.3) is 0 Å². The largest absolute Gasteiger partial charge is 0.394 e. The molecule has 1 aliphatic carbocycles. The van der Waals surface area contributed by atoms with Gasteiger partial charge in [0.25, 0.3) is 0 Å². The topological polar surface area (TPSA) is 77.5 Å². The maximum Gasteiger partial charge on any atom is 0.315 e. The Morgan fingerprint density at radius 1 is 1.30 bits per heavy atom. The molecule has 2 heterocycles. The number of urea groups is 1. The Hall–Kier alpha value is -1.34. The second-order valence-electron chi connectivity index (χ2n) is 6.59. The van der Waals surface area contributed by atoms with Gasteiger partial charge >= 0.3 is 6.03 Å². The molecule has 0 atom stereocenters. The molecule has 0 radical (unpaired) electrons. The molecule has 2 amide bonds. The van der Waals surface area contributed by atoms with E-state index in [-0.39, 0.29) is 12.6 Å². The summed E-state index contributed by atoms with van der Waals surface area (Å²) in [6.07, 6.45) is 7.11. The summed E-state index contributed by atoms with van der Waals surface area (Å²) in [6, 6.07) is -0.184. The highest BCUT2D eigenvalue weighted by Crippen LogP contribution is 2.29. The van der Waals surface area contributed by atoms with Crippen molar-refractivity contribution in [3.05, 3.63) is 11.1 Å². The van der Waals surface area contributed by atoms with Crippen molar-refractivity contribution in [3.63, 3.8) is 0 Å². The number of rotatable bonds is 6. The molecule has 0 bridgehead atoms. The fourth-order valence-corrected chi connectivity index (χ4v) is 4.34. The fourth-order valence-electron chi connectivity index (χ4n) is 3.43. The van der Waals surface area contributed by atoms with E-state index in [1.54, 1.807) is 11.3 Å². The van der Waals surface area contributed by atoms with E-state index in [1.165, 1.54) is 12.8 Å². The molecule has 128 valence electrons. The Morgan fingerprint density at radius 2 is 2.04 bits per heavy atom. The first-order valence-corrected chi connectivity index (χ1v) is 9.45. The number of thiazole rings is 1. The van der Waals surface area contributed by atoms with Gasteiger partial charge < -0.3 is 20.6 Å². The number of carbonyl (C=O) groups is 1. The number of aromatic nitrogens is 1. The van der Waals surface area contributed by atoms with E-state index in [2.05, 4.69) is 25.9 Å². The van der Waals surface area contributed by atoms with Crippen LogP contribution in [0.5, 0.6) is 0 Å². The summed E-state index contributed by atoms with van der Waals surface area (Å²) < 4.78 is 0. The molecule has 0 aromatic carbocycles. The Balaban J connectivity index is 1.41. The van der Waals surface area contributed by atoms with Gasteiger partial charge in [-0.05, 0) is 25.7 Å². The number of aliphatic hydroxyl groups excluding tert-OH is 1. The van der Waals surface area contributed by atoms with Crippen molar-refractivity contribution in [2.24, 2.45) is 0 Å². The molecular weight excluding hydrogens is 312 g/mol. The Morgan fingerprint density at radius 3 is 2.74 bits per heavy atom. The van der Waals surface area contributed by atoms with Gasteiger partial charge in [-0.1, -0.05) is 12.8 Å². The zero-order chi connectivity index (χ0) is 16.1. The summed E-state index contributed by atoms with van der Waals surface area (Å²) in [5, 5.41) is 18.5. The molecule has 3 rings (SSSR count). The number of nitrogens with zero attached hydrogens (tertiary/aromatic N) is 2. The predicted octanol–water partition coefficient (Wildman–Crippen LogP) is 1.89. The van der Waals surface area contributed by atoms with Gasteiger partial charge in [-0.3, -0.25) is 0 Å². The van der Waals surface area contributed by atoms with Gasteiger partial charge in [-0.25, -0.2) is 9.78 Å². The lowest BCUT2D eigenvalue weighted by atomic mass is 9.99. The van der Waals surface area contributed by atoms with Crippen LogP contribution in [-0.4, -0.2) is 47.9 Å². The molecular formula is C16H26N4O2S. The molecule has 3 N–H and O–H groups in total. The minimum Gasteiger partial charge on any atom is -0.394 e. The lowest BCUT2D eigenvalue weighted by Crippen LogP contribution is -2.53. The van der Waals surface area contributed by atoms with Crippen LogP contribution in [0.3, 0.4) is 0 Å². The van der Waals surface area contributed by atoms with E-state index >= 15 is 0 Å². The van der Waals surface area contributed by atoms with Gasteiger partial charge in [0.15, 0.2) is 5.13 Å². The van der Waals surface area contributed by atoms with Crippen LogP contribution in [0.1, 0.15) is 44.2 Å². The predicted molar refractivity (Wildman–Crippen MR) is 92.1 cm³/mol. The Bertz CT molecular complexity index is 522. The molecule has 2 aliphatic rings. The van der Waals surface area contributed by atoms with E-state index in [0.29, 0.717) is 6.54 Å². The summed E-state index contributed by atoms with van der Waals surface area (Å²) in [7, 11) is 0. The van der Waals surface area contributed by atoms with Crippen molar-refractivity contribution in [1.29, 1.82) is 0 Å². The van der Waals surface area contributed by atoms with E-state index in [9.17, 15) is 9.90 Å². The molecule has 1 aliphatic heterocycles. The third-order valence-corrected chi connectivity index (χ3v) is 5.78. The van der Waals surface area contributed by atoms with E-state index < -0.39 is 5.54 Å². The van der Waals surface area contributed by atoms with E-state index in [0.717, 1.165) is 56.0 Å². The zero-order valence-electron chi connectivity index (χ0n) is 13.5. The van der Waals surface area contributed by atoms with Gasteiger partial charge in [-0.15, -0.1) is 11.3 Å². The van der Waals surface area contributed by atoms with E-state index in [4.69, 9.17) is 0 Å².